The largest absolute Gasteiger partial charge is 0.435 e. The van der Waals surface area contributed by atoms with Crippen molar-refractivity contribution in [3.63, 3.8) is 0 Å². The summed E-state index contributed by atoms with van der Waals surface area (Å²) in [5.74, 6) is 0.160. The minimum atomic E-state index is -2.80. The Morgan fingerprint density at radius 2 is 1.76 bits per heavy atom. The van der Waals surface area contributed by atoms with Crippen LogP contribution in [0.4, 0.5) is 8.78 Å². The van der Waals surface area contributed by atoms with Crippen molar-refractivity contribution in [1.82, 2.24) is 5.32 Å². The maximum Gasteiger partial charge on any atom is 0.387 e. The maximum absolute atomic E-state index is 12.1. The summed E-state index contributed by atoms with van der Waals surface area (Å²) in [6.45, 7) is -0.161. The molecule has 2 aromatic rings. The lowest BCUT2D eigenvalue weighted by Gasteiger charge is -2.16. The highest BCUT2D eigenvalue weighted by molar-refractivity contribution is 6.31. The van der Waals surface area contributed by atoms with E-state index in [1.807, 2.05) is 31.2 Å². The second-order valence-electron chi connectivity index (χ2n) is 4.65. The Labute approximate surface area is 127 Å². The molecule has 1 atom stereocenters. The van der Waals surface area contributed by atoms with Crippen LogP contribution in [0.25, 0.3) is 0 Å². The highest BCUT2D eigenvalue weighted by atomic mass is 35.5. The fourth-order valence-electron chi connectivity index (χ4n) is 2.00. The predicted molar refractivity (Wildman–Crippen MR) is 79.8 cm³/mol. The quantitative estimate of drug-likeness (QED) is 0.828. The van der Waals surface area contributed by atoms with Gasteiger partial charge in [0.1, 0.15) is 5.75 Å². The van der Waals surface area contributed by atoms with E-state index in [-0.39, 0.29) is 11.8 Å². The van der Waals surface area contributed by atoms with E-state index in [4.69, 9.17) is 11.6 Å². The molecule has 0 amide bonds. The van der Waals surface area contributed by atoms with Crippen molar-refractivity contribution in [2.45, 2.75) is 26.1 Å². The average molecular weight is 312 g/mol. The van der Waals surface area contributed by atoms with Gasteiger partial charge >= 0.3 is 6.61 Å². The first-order valence-electron chi connectivity index (χ1n) is 6.58. The van der Waals surface area contributed by atoms with Gasteiger partial charge in [0.25, 0.3) is 0 Å². The van der Waals surface area contributed by atoms with Crippen molar-refractivity contribution < 1.29 is 13.5 Å². The Morgan fingerprint density at radius 1 is 1.10 bits per heavy atom. The molecule has 0 aliphatic heterocycles. The van der Waals surface area contributed by atoms with Gasteiger partial charge in [0, 0.05) is 17.6 Å². The van der Waals surface area contributed by atoms with Crippen LogP contribution in [0, 0.1) is 0 Å². The van der Waals surface area contributed by atoms with E-state index in [0.717, 1.165) is 16.1 Å². The third kappa shape index (κ3) is 4.69. The van der Waals surface area contributed by atoms with Gasteiger partial charge in [0.15, 0.2) is 0 Å². The lowest BCUT2D eigenvalue weighted by molar-refractivity contribution is -0.0498. The van der Waals surface area contributed by atoms with E-state index < -0.39 is 6.61 Å². The summed E-state index contributed by atoms with van der Waals surface area (Å²) in [4.78, 5) is 0. The number of nitrogens with one attached hydrogen (secondary N) is 1. The Hall–Kier alpha value is -1.65. The Balaban J connectivity index is 1.92. The number of rotatable bonds is 6. The topological polar surface area (TPSA) is 21.3 Å². The molecule has 0 bridgehead atoms. The summed E-state index contributed by atoms with van der Waals surface area (Å²) in [5.41, 5.74) is 2.01. The van der Waals surface area contributed by atoms with Crippen LogP contribution >= 0.6 is 11.6 Å². The number of benzene rings is 2. The van der Waals surface area contributed by atoms with E-state index in [2.05, 4.69) is 10.1 Å². The van der Waals surface area contributed by atoms with Crippen molar-refractivity contribution in [2.75, 3.05) is 0 Å². The molecule has 112 valence electrons. The number of hydrogen-bond acceptors (Lipinski definition) is 2. The molecule has 21 heavy (non-hydrogen) atoms. The normalized spacial score (nSPS) is 12.4. The van der Waals surface area contributed by atoms with Crippen LogP contribution in [0.1, 0.15) is 24.1 Å². The van der Waals surface area contributed by atoms with Gasteiger partial charge in [0.05, 0.1) is 0 Å². The molecule has 2 nitrogen and oxygen atoms in total. The standard InChI is InChI=1S/C16H16ClF2NO/c1-11(14-4-2-3-5-15(14)17)20-10-12-6-8-13(9-7-12)21-16(18)19/h2-9,11,16,20H,10H2,1H3/t11-/m1/s1. The summed E-state index contributed by atoms with van der Waals surface area (Å²) in [7, 11) is 0. The summed E-state index contributed by atoms with van der Waals surface area (Å²) < 4.78 is 28.4. The lowest BCUT2D eigenvalue weighted by Crippen LogP contribution is -2.18. The monoisotopic (exact) mass is 311 g/mol. The van der Waals surface area contributed by atoms with Gasteiger partial charge in [0.2, 0.25) is 0 Å². The van der Waals surface area contributed by atoms with Crippen LogP contribution in [-0.4, -0.2) is 6.61 Å². The molecule has 0 aliphatic rings. The second-order valence-corrected chi connectivity index (χ2v) is 5.05. The van der Waals surface area contributed by atoms with Crippen molar-refractivity contribution >= 4 is 11.6 Å². The number of halogens is 3. The van der Waals surface area contributed by atoms with Crippen molar-refractivity contribution in [3.05, 3.63) is 64.7 Å². The average Bonchev–Trinajstić information content (AvgIpc) is 2.46. The van der Waals surface area contributed by atoms with Gasteiger partial charge in [-0.3, -0.25) is 0 Å². The van der Waals surface area contributed by atoms with Crippen molar-refractivity contribution in [2.24, 2.45) is 0 Å². The van der Waals surface area contributed by atoms with E-state index >= 15 is 0 Å². The molecule has 0 heterocycles. The molecule has 1 N–H and O–H groups in total. The van der Waals surface area contributed by atoms with E-state index in [1.54, 1.807) is 12.1 Å². The zero-order valence-electron chi connectivity index (χ0n) is 11.5. The molecule has 2 rings (SSSR count). The first kappa shape index (κ1) is 15.7. The van der Waals surface area contributed by atoms with Crippen LogP contribution in [0.5, 0.6) is 5.75 Å². The summed E-state index contributed by atoms with van der Waals surface area (Å²) >= 11 is 6.14. The molecule has 0 unspecified atom stereocenters. The number of ether oxygens (including phenoxy) is 1. The molecule has 2 aromatic carbocycles. The molecule has 0 fully saturated rings. The first-order valence-corrected chi connectivity index (χ1v) is 6.95. The third-order valence-corrected chi connectivity index (χ3v) is 3.48. The summed E-state index contributed by atoms with van der Waals surface area (Å²) in [6, 6.07) is 14.3. The van der Waals surface area contributed by atoms with Crippen LogP contribution < -0.4 is 10.1 Å². The molecule has 5 heteroatoms. The minimum absolute atomic E-state index is 0.0932. The predicted octanol–water partition coefficient (Wildman–Crippen LogP) is 4.79. The van der Waals surface area contributed by atoms with E-state index in [9.17, 15) is 8.78 Å². The van der Waals surface area contributed by atoms with Gasteiger partial charge in [-0.05, 0) is 36.2 Å². The molecule has 0 spiro atoms. The van der Waals surface area contributed by atoms with Crippen LogP contribution in [0.2, 0.25) is 5.02 Å². The lowest BCUT2D eigenvalue weighted by atomic mass is 10.1. The smallest absolute Gasteiger partial charge is 0.387 e. The van der Waals surface area contributed by atoms with E-state index in [1.165, 1.54) is 12.1 Å². The Bertz CT molecular complexity index is 575. The van der Waals surface area contributed by atoms with Crippen LogP contribution in [0.3, 0.4) is 0 Å². The zero-order valence-corrected chi connectivity index (χ0v) is 12.3. The second kappa shape index (κ2) is 7.38. The highest BCUT2D eigenvalue weighted by Gasteiger charge is 2.08. The fourth-order valence-corrected chi connectivity index (χ4v) is 2.30. The molecular formula is C16H16ClF2NO. The summed E-state index contributed by atoms with van der Waals surface area (Å²) in [5, 5.41) is 4.06. The third-order valence-electron chi connectivity index (χ3n) is 3.13. The number of hydrogen-bond donors (Lipinski definition) is 1. The minimum Gasteiger partial charge on any atom is -0.435 e. The van der Waals surface area contributed by atoms with Crippen LogP contribution in [-0.2, 0) is 6.54 Å². The van der Waals surface area contributed by atoms with Gasteiger partial charge in [-0.2, -0.15) is 8.78 Å². The van der Waals surface area contributed by atoms with Crippen molar-refractivity contribution in [3.8, 4) is 5.75 Å². The first-order chi connectivity index (χ1) is 10.1. The van der Waals surface area contributed by atoms with Gasteiger partial charge in [-0.15, -0.1) is 0 Å². The SMILES string of the molecule is C[C@@H](NCc1ccc(OC(F)F)cc1)c1ccccc1Cl. The fraction of sp³-hybridized carbons (Fsp3) is 0.250. The molecule has 0 radical (unpaired) electrons. The molecule has 0 aliphatic carbocycles. The molecule has 0 aromatic heterocycles. The number of alkyl halides is 2. The van der Waals surface area contributed by atoms with Gasteiger partial charge in [-0.25, -0.2) is 0 Å². The summed E-state index contributed by atoms with van der Waals surface area (Å²) in [6.07, 6.45) is 0. The molecule has 0 saturated carbocycles. The molecule has 0 saturated heterocycles. The zero-order chi connectivity index (χ0) is 15.2. The highest BCUT2D eigenvalue weighted by Crippen LogP contribution is 2.22. The Morgan fingerprint density at radius 3 is 2.38 bits per heavy atom. The van der Waals surface area contributed by atoms with Crippen LogP contribution in [0.15, 0.2) is 48.5 Å². The maximum atomic E-state index is 12.1. The van der Waals surface area contributed by atoms with Gasteiger partial charge < -0.3 is 10.1 Å². The molecular weight excluding hydrogens is 296 g/mol. The van der Waals surface area contributed by atoms with Crippen molar-refractivity contribution in [1.29, 1.82) is 0 Å². The Kier molecular flexibility index (Phi) is 5.53. The van der Waals surface area contributed by atoms with E-state index in [0.29, 0.717) is 6.54 Å². The van der Waals surface area contributed by atoms with Gasteiger partial charge in [-0.1, -0.05) is 41.9 Å².